The number of aryl methyl sites for hydroxylation is 2. The average Bonchev–Trinajstić information content (AvgIpc) is 3.39. The van der Waals surface area contributed by atoms with E-state index in [0.29, 0.717) is 81.4 Å². The van der Waals surface area contributed by atoms with Gasteiger partial charge >= 0.3 is 0 Å². The van der Waals surface area contributed by atoms with Crippen LogP contribution < -0.4 is 20.0 Å². The number of benzene rings is 5. The topological polar surface area (TPSA) is 63.8 Å². The van der Waals surface area contributed by atoms with E-state index in [2.05, 4.69) is 82.4 Å². The van der Waals surface area contributed by atoms with Crippen molar-refractivity contribution in [2.75, 3.05) is 112 Å². The lowest BCUT2D eigenvalue weighted by molar-refractivity contribution is -0.118. The van der Waals surface area contributed by atoms with Crippen LogP contribution in [0.5, 0.6) is 0 Å². The predicted molar refractivity (Wildman–Crippen MR) is 277 cm³/mol. The zero-order valence-corrected chi connectivity index (χ0v) is 41.1. The molecule has 0 bridgehead atoms. The van der Waals surface area contributed by atoms with Gasteiger partial charge in [0.1, 0.15) is 11.6 Å². The molecule has 0 aliphatic carbocycles. The maximum Gasteiger partial charge on any atom is 0.231 e. The molecule has 69 heavy (non-hydrogen) atoms. The van der Waals surface area contributed by atoms with Gasteiger partial charge in [0.05, 0.1) is 44.2 Å². The number of morpholine rings is 2. The van der Waals surface area contributed by atoms with Gasteiger partial charge in [0, 0.05) is 63.7 Å². The van der Waals surface area contributed by atoms with Crippen LogP contribution in [0, 0.1) is 23.5 Å². The molecule has 4 saturated heterocycles. The lowest BCUT2D eigenvalue weighted by Crippen LogP contribution is -2.41. The number of carbonyl (C=O) groups is 1. The van der Waals surface area contributed by atoms with E-state index in [1.54, 1.807) is 12.1 Å². The first-order valence-electron chi connectivity index (χ1n) is 25.7. The third kappa shape index (κ3) is 14.6. The number of nitrogens with zero attached hydrogens (tertiary/aromatic N) is 5. The zero-order chi connectivity index (χ0) is 47.8. The first kappa shape index (κ1) is 50.1. The van der Waals surface area contributed by atoms with E-state index >= 15 is 4.39 Å². The molecule has 5 aromatic carbocycles. The number of halogens is 2. The quantitative estimate of drug-likeness (QED) is 0.105. The lowest BCUT2D eigenvalue weighted by Gasteiger charge is -2.35. The molecule has 0 radical (unpaired) electrons. The van der Waals surface area contributed by atoms with Gasteiger partial charge in [-0.05, 0) is 141 Å². The Morgan fingerprint density at radius 1 is 0.565 bits per heavy atom. The highest BCUT2D eigenvalue weighted by Gasteiger charge is 2.27. The Balaban J connectivity index is 0.000000192. The molecular formula is C58H74F2N6O3. The summed E-state index contributed by atoms with van der Waals surface area (Å²) in [5.41, 5.74) is 9.28. The van der Waals surface area contributed by atoms with E-state index < -0.39 is 0 Å². The normalized spacial score (nSPS) is 17.6. The summed E-state index contributed by atoms with van der Waals surface area (Å²) < 4.78 is 40.7. The van der Waals surface area contributed by atoms with Crippen LogP contribution in [0.3, 0.4) is 0 Å². The van der Waals surface area contributed by atoms with Gasteiger partial charge in [-0.1, -0.05) is 92.7 Å². The molecule has 1 N–H and O–H groups in total. The van der Waals surface area contributed by atoms with Crippen molar-refractivity contribution >= 4 is 28.7 Å². The second kappa shape index (κ2) is 25.5. The summed E-state index contributed by atoms with van der Waals surface area (Å²) in [5.74, 6) is 0.607. The number of nitrogens with one attached hydrogen (secondary N) is 1. The minimum Gasteiger partial charge on any atom is -0.385 e. The Bertz CT molecular complexity index is 2320. The van der Waals surface area contributed by atoms with Gasteiger partial charge < -0.3 is 29.5 Å². The fourth-order valence-electron chi connectivity index (χ4n) is 10.1. The molecule has 5 aromatic rings. The van der Waals surface area contributed by atoms with Gasteiger partial charge in [-0.25, -0.2) is 8.78 Å². The van der Waals surface area contributed by atoms with Crippen LogP contribution in [0.4, 0.5) is 31.5 Å². The number of rotatable bonds is 16. The fraction of sp³-hybridized carbons (Fsp3) is 0.466. The molecule has 0 spiro atoms. The van der Waals surface area contributed by atoms with Gasteiger partial charge in [-0.15, -0.1) is 0 Å². The monoisotopic (exact) mass is 941 g/mol. The zero-order valence-electron chi connectivity index (χ0n) is 41.1. The number of likely N-dealkylation sites (tertiary alicyclic amines) is 2. The van der Waals surface area contributed by atoms with Crippen molar-refractivity contribution in [1.29, 1.82) is 0 Å². The van der Waals surface area contributed by atoms with Crippen molar-refractivity contribution in [3.8, 4) is 0 Å². The van der Waals surface area contributed by atoms with Crippen LogP contribution in [-0.2, 0) is 46.6 Å². The van der Waals surface area contributed by atoms with E-state index in [9.17, 15) is 9.18 Å². The van der Waals surface area contributed by atoms with E-state index in [1.807, 2.05) is 64.4 Å². The van der Waals surface area contributed by atoms with Gasteiger partial charge in [0.2, 0.25) is 5.91 Å². The third-order valence-electron chi connectivity index (χ3n) is 14.5. The van der Waals surface area contributed by atoms with Crippen LogP contribution >= 0.6 is 0 Å². The van der Waals surface area contributed by atoms with Gasteiger partial charge in [-0.3, -0.25) is 14.6 Å². The van der Waals surface area contributed by atoms with Crippen molar-refractivity contribution in [1.82, 2.24) is 9.80 Å². The second-order valence-electron chi connectivity index (χ2n) is 19.3. The molecule has 1 amide bonds. The molecular weight excluding hydrogens is 867 g/mol. The largest absolute Gasteiger partial charge is 0.385 e. The van der Waals surface area contributed by atoms with E-state index in [4.69, 9.17) is 9.47 Å². The SMILES string of the molecule is CCc1ccc(CN2CCC(CN(C(=O)Cc3ccccc3)c3ccc(N4CCOCC4)c(F)c3)CC2)cc1.CCc1ccc(CN2CCC(CNc3ccc(N4CCOCC4)c(F)c3)CC2)cc1. The van der Waals surface area contributed by atoms with Crippen LogP contribution in [-0.4, -0.2) is 108 Å². The molecule has 0 saturated carbocycles. The maximum absolute atomic E-state index is 15.3. The molecule has 11 heteroatoms. The second-order valence-corrected chi connectivity index (χ2v) is 19.3. The smallest absolute Gasteiger partial charge is 0.231 e. The van der Waals surface area contributed by atoms with Crippen LogP contribution in [0.25, 0.3) is 0 Å². The summed E-state index contributed by atoms with van der Waals surface area (Å²) in [4.78, 5) is 24.6. The Morgan fingerprint density at radius 3 is 1.54 bits per heavy atom. The summed E-state index contributed by atoms with van der Waals surface area (Å²) in [6.07, 6.45) is 6.89. The fourth-order valence-corrected chi connectivity index (χ4v) is 10.1. The Morgan fingerprint density at radius 2 is 1.04 bits per heavy atom. The first-order chi connectivity index (χ1) is 33.8. The summed E-state index contributed by atoms with van der Waals surface area (Å²) in [7, 11) is 0. The number of amides is 1. The number of ether oxygens (including phenoxy) is 2. The number of hydrogen-bond donors (Lipinski definition) is 1. The molecule has 368 valence electrons. The third-order valence-corrected chi connectivity index (χ3v) is 14.5. The van der Waals surface area contributed by atoms with Crippen molar-refractivity contribution in [3.05, 3.63) is 155 Å². The van der Waals surface area contributed by atoms with Crippen LogP contribution in [0.1, 0.15) is 67.3 Å². The highest BCUT2D eigenvalue weighted by atomic mass is 19.1. The van der Waals surface area contributed by atoms with Gasteiger partial charge in [0.15, 0.2) is 0 Å². The highest BCUT2D eigenvalue weighted by molar-refractivity contribution is 5.95. The average molecular weight is 941 g/mol. The minimum absolute atomic E-state index is 0.0122. The van der Waals surface area contributed by atoms with E-state index in [-0.39, 0.29) is 17.5 Å². The predicted octanol–water partition coefficient (Wildman–Crippen LogP) is 10.3. The molecule has 4 aliphatic rings. The molecule has 4 fully saturated rings. The number of anilines is 4. The van der Waals surface area contributed by atoms with Crippen molar-refractivity contribution in [3.63, 3.8) is 0 Å². The van der Waals surface area contributed by atoms with Crippen LogP contribution in [0.2, 0.25) is 0 Å². The van der Waals surface area contributed by atoms with Gasteiger partial charge in [0.25, 0.3) is 0 Å². The van der Waals surface area contributed by atoms with Crippen molar-refractivity contribution in [2.24, 2.45) is 11.8 Å². The number of piperidine rings is 2. The maximum atomic E-state index is 15.3. The van der Waals surface area contributed by atoms with Crippen LogP contribution in [0.15, 0.2) is 115 Å². The lowest BCUT2D eigenvalue weighted by atomic mass is 9.95. The summed E-state index contributed by atoms with van der Waals surface area (Å²) >= 11 is 0. The molecule has 4 aliphatic heterocycles. The minimum atomic E-state index is -0.282. The van der Waals surface area contributed by atoms with Crippen molar-refractivity contribution in [2.45, 2.75) is 71.9 Å². The number of hydrogen-bond acceptors (Lipinski definition) is 8. The Kier molecular flexibility index (Phi) is 18.5. The molecule has 0 aromatic heterocycles. The highest BCUT2D eigenvalue weighted by Crippen LogP contribution is 2.30. The molecule has 9 rings (SSSR count). The number of carbonyl (C=O) groups excluding carboxylic acids is 1. The Labute approximate surface area is 410 Å². The summed E-state index contributed by atoms with van der Waals surface area (Å²) in [6.45, 7) is 17.6. The molecule has 0 unspecified atom stereocenters. The molecule has 0 atom stereocenters. The molecule has 9 nitrogen and oxygen atoms in total. The standard InChI is InChI=1S/C33H40FN3O2.C25H34FN3O/c1-2-26-8-10-28(11-9-26)24-35-16-14-29(15-17-35)25-37(33(38)22-27-6-4-3-5-7-27)30-12-13-32(31(34)23-30)36-18-20-39-21-19-36;1-2-20-3-5-22(6-4-20)19-28-11-9-21(10-12-28)18-27-23-7-8-25(24(26)17-23)29-13-15-30-16-14-29/h3-13,23,29H,2,14-22,24-25H2,1H3;3-8,17,21,27H,2,9-16,18-19H2,1H3. The van der Waals surface area contributed by atoms with E-state index in [1.165, 1.54) is 35.1 Å². The van der Waals surface area contributed by atoms with Crippen molar-refractivity contribution < 1.29 is 23.0 Å². The Hall–Kier alpha value is -5.33. The van der Waals surface area contributed by atoms with E-state index in [0.717, 1.165) is 95.8 Å². The molecule has 4 heterocycles. The summed E-state index contributed by atoms with van der Waals surface area (Å²) in [5, 5.41) is 3.46. The first-order valence-corrected chi connectivity index (χ1v) is 25.7. The summed E-state index contributed by atoms with van der Waals surface area (Å²) in [6, 6.07) is 38.6. The van der Waals surface area contributed by atoms with Gasteiger partial charge in [-0.2, -0.15) is 0 Å².